The zero-order valence-corrected chi connectivity index (χ0v) is 13.6. The molecule has 1 atom stereocenters. The Morgan fingerprint density at radius 1 is 1.05 bits per heavy atom. The number of piperazine rings is 1. The Morgan fingerprint density at radius 3 is 2.55 bits per heavy atom. The number of hydrogen-bond acceptors (Lipinski definition) is 4. The first-order chi connectivity index (χ1) is 10.9. The number of benzene rings is 1. The summed E-state index contributed by atoms with van der Waals surface area (Å²) in [5, 5.41) is 3.73. The maximum Gasteiger partial charge on any atom is 0.0719 e. The van der Waals surface area contributed by atoms with Crippen molar-refractivity contribution in [3.63, 3.8) is 0 Å². The van der Waals surface area contributed by atoms with E-state index in [1.165, 1.54) is 18.7 Å². The predicted octanol–water partition coefficient (Wildman–Crippen LogP) is 2.81. The van der Waals surface area contributed by atoms with E-state index in [0.717, 1.165) is 31.1 Å². The van der Waals surface area contributed by atoms with Crippen LogP contribution in [0.15, 0.2) is 54.7 Å². The van der Waals surface area contributed by atoms with E-state index in [1.54, 1.807) is 0 Å². The second-order valence-corrected chi connectivity index (χ2v) is 6.72. The van der Waals surface area contributed by atoms with Gasteiger partial charge in [-0.1, -0.05) is 36.4 Å². The van der Waals surface area contributed by atoms with Crippen LogP contribution in [-0.2, 0) is 0 Å². The molecule has 3 rings (SSSR count). The minimum absolute atomic E-state index is 0.324. The molecule has 0 spiro atoms. The minimum Gasteiger partial charge on any atom is -0.314 e. The van der Waals surface area contributed by atoms with E-state index in [1.807, 2.05) is 24.0 Å². The van der Waals surface area contributed by atoms with E-state index < -0.39 is 0 Å². The van der Waals surface area contributed by atoms with Crippen molar-refractivity contribution in [3.05, 3.63) is 66.0 Å². The highest BCUT2D eigenvalue weighted by atomic mass is 32.2. The van der Waals surface area contributed by atoms with E-state index in [4.69, 9.17) is 0 Å². The van der Waals surface area contributed by atoms with Crippen LogP contribution in [0.3, 0.4) is 0 Å². The first kappa shape index (κ1) is 15.5. The lowest BCUT2D eigenvalue weighted by molar-refractivity contribution is 0.255. The third-order valence-corrected chi connectivity index (χ3v) is 5.23. The van der Waals surface area contributed by atoms with Crippen molar-refractivity contribution in [2.24, 2.45) is 0 Å². The molecule has 1 aliphatic rings. The highest BCUT2D eigenvalue weighted by Gasteiger charge is 2.16. The van der Waals surface area contributed by atoms with E-state index in [9.17, 15) is 0 Å². The van der Waals surface area contributed by atoms with Gasteiger partial charge in [0, 0.05) is 44.7 Å². The molecule has 116 valence electrons. The molecule has 0 bridgehead atoms. The van der Waals surface area contributed by atoms with Gasteiger partial charge in [0.25, 0.3) is 0 Å². The Morgan fingerprint density at radius 2 is 1.82 bits per heavy atom. The zero-order chi connectivity index (χ0) is 15.0. The molecule has 4 heteroatoms. The molecule has 1 aromatic heterocycles. The summed E-state index contributed by atoms with van der Waals surface area (Å²) in [7, 11) is 0. The Bertz CT molecular complexity index is 501. The number of nitrogens with one attached hydrogen (secondary N) is 1. The maximum absolute atomic E-state index is 4.58. The molecule has 2 heterocycles. The standard InChI is InChI=1S/C18H23N3S/c1-2-6-16(7-3-1)18(17-8-4-5-9-20-17)22-15-14-21-12-10-19-11-13-21/h1-9,18-19H,10-15H2. The van der Waals surface area contributed by atoms with Crippen LogP contribution < -0.4 is 5.32 Å². The summed E-state index contributed by atoms with van der Waals surface area (Å²) in [5.74, 6) is 1.14. The topological polar surface area (TPSA) is 28.2 Å². The van der Waals surface area contributed by atoms with Crippen molar-refractivity contribution in [1.29, 1.82) is 0 Å². The highest BCUT2D eigenvalue weighted by molar-refractivity contribution is 7.99. The summed E-state index contributed by atoms with van der Waals surface area (Å²) in [5.41, 5.74) is 2.49. The average Bonchev–Trinajstić information content (AvgIpc) is 2.61. The smallest absolute Gasteiger partial charge is 0.0719 e. The Hall–Kier alpha value is -1.36. The number of thioether (sulfide) groups is 1. The first-order valence-corrected chi connectivity index (χ1v) is 8.99. The van der Waals surface area contributed by atoms with Crippen molar-refractivity contribution in [1.82, 2.24) is 15.2 Å². The summed E-state index contributed by atoms with van der Waals surface area (Å²) in [6, 6.07) is 16.9. The number of hydrogen-bond donors (Lipinski definition) is 1. The van der Waals surface area contributed by atoms with E-state index >= 15 is 0 Å². The summed E-state index contributed by atoms with van der Waals surface area (Å²) in [6.45, 7) is 5.73. The lowest BCUT2D eigenvalue weighted by Gasteiger charge is -2.27. The van der Waals surface area contributed by atoms with Gasteiger partial charge in [-0.15, -0.1) is 11.8 Å². The molecular formula is C18H23N3S. The molecule has 2 aromatic rings. The van der Waals surface area contributed by atoms with Gasteiger partial charge in [0.2, 0.25) is 0 Å². The molecule has 1 aliphatic heterocycles. The Balaban J connectivity index is 1.64. The van der Waals surface area contributed by atoms with Gasteiger partial charge in [-0.2, -0.15) is 0 Å². The second kappa shape index (κ2) is 8.32. The molecular weight excluding hydrogens is 290 g/mol. The molecule has 0 amide bonds. The van der Waals surface area contributed by atoms with Crippen LogP contribution in [0.25, 0.3) is 0 Å². The van der Waals surface area contributed by atoms with E-state index in [2.05, 4.69) is 57.7 Å². The number of nitrogens with zero attached hydrogens (tertiary/aromatic N) is 2. The van der Waals surface area contributed by atoms with Gasteiger partial charge in [0.1, 0.15) is 0 Å². The van der Waals surface area contributed by atoms with Crippen molar-refractivity contribution in [2.45, 2.75) is 5.25 Å². The van der Waals surface area contributed by atoms with Crippen molar-refractivity contribution in [3.8, 4) is 0 Å². The summed E-state index contributed by atoms with van der Waals surface area (Å²) in [4.78, 5) is 7.12. The molecule has 0 saturated carbocycles. The normalized spacial score (nSPS) is 17.3. The van der Waals surface area contributed by atoms with Gasteiger partial charge < -0.3 is 5.32 Å². The lowest BCUT2D eigenvalue weighted by Crippen LogP contribution is -2.44. The second-order valence-electron chi connectivity index (χ2n) is 5.51. The van der Waals surface area contributed by atoms with E-state index in [-0.39, 0.29) is 0 Å². The fraction of sp³-hybridized carbons (Fsp3) is 0.389. The molecule has 0 radical (unpaired) electrons. The fourth-order valence-corrected chi connectivity index (χ4v) is 4.00. The third-order valence-electron chi connectivity index (χ3n) is 3.96. The fourth-order valence-electron chi connectivity index (χ4n) is 2.75. The van der Waals surface area contributed by atoms with Gasteiger partial charge in [-0.05, 0) is 17.7 Å². The molecule has 3 nitrogen and oxygen atoms in total. The van der Waals surface area contributed by atoms with Gasteiger partial charge in [-0.3, -0.25) is 9.88 Å². The average molecular weight is 313 g/mol. The van der Waals surface area contributed by atoms with E-state index in [0.29, 0.717) is 5.25 Å². The van der Waals surface area contributed by atoms with Crippen LogP contribution in [0.4, 0.5) is 0 Å². The number of aromatic nitrogens is 1. The van der Waals surface area contributed by atoms with Crippen molar-refractivity contribution >= 4 is 11.8 Å². The number of rotatable bonds is 6. The molecule has 1 fully saturated rings. The molecule has 1 N–H and O–H groups in total. The number of pyridine rings is 1. The van der Waals surface area contributed by atoms with Crippen molar-refractivity contribution in [2.75, 3.05) is 38.5 Å². The maximum atomic E-state index is 4.58. The van der Waals surface area contributed by atoms with Crippen LogP contribution in [0, 0.1) is 0 Å². The SMILES string of the molecule is c1ccc(C(SCCN2CCNCC2)c2ccccn2)cc1. The lowest BCUT2D eigenvalue weighted by atomic mass is 10.1. The van der Waals surface area contributed by atoms with Crippen LogP contribution in [0.2, 0.25) is 0 Å². The predicted molar refractivity (Wildman–Crippen MR) is 94.3 cm³/mol. The van der Waals surface area contributed by atoms with Gasteiger partial charge in [0.05, 0.1) is 10.9 Å². The summed E-state index contributed by atoms with van der Waals surface area (Å²) >= 11 is 2.00. The zero-order valence-electron chi connectivity index (χ0n) is 12.8. The largest absolute Gasteiger partial charge is 0.314 e. The Labute approximate surface area is 137 Å². The molecule has 22 heavy (non-hydrogen) atoms. The first-order valence-electron chi connectivity index (χ1n) is 7.94. The van der Waals surface area contributed by atoms with Crippen LogP contribution in [-0.4, -0.2) is 48.4 Å². The Kier molecular flexibility index (Phi) is 5.87. The summed E-state index contributed by atoms with van der Waals surface area (Å²) < 4.78 is 0. The molecule has 1 saturated heterocycles. The van der Waals surface area contributed by atoms with Crippen LogP contribution in [0.1, 0.15) is 16.5 Å². The van der Waals surface area contributed by atoms with Crippen molar-refractivity contribution < 1.29 is 0 Å². The summed E-state index contributed by atoms with van der Waals surface area (Å²) in [6.07, 6.45) is 1.89. The van der Waals surface area contributed by atoms with Crippen LogP contribution >= 0.6 is 11.8 Å². The van der Waals surface area contributed by atoms with Gasteiger partial charge in [-0.25, -0.2) is 0 Å². The highest BCUT2D eigenvalue weighted by Crippen LogP contribution is 2.34. The molecule has 0 aliphatic carbocycles. The van der Waals surface area contributed by atoms with Gasteiger partial charge in [0.15, 0.2) is 0 Å². The van der Waals surface area contributed by atoms with Gasteiger partial charge >= 0.3 is 0 Å². The molecule has 1 unspecified atom stereocenters. The minimum atomic E-state index is 0.324. The van der Waals surface area contributed by atoms with Crippen LogP contribution in [0.5, 0.6) is 0 Å². The quantitative estimate of drug-likeness (QED) is 0.888. The monoisotopic (exact) mass is 313 g/mol. The molecule has 1 aromatic carbocycles. The third kappa shape index (κ3) is 4.32.